The fourth-order valence-electron chi connectivity index (χ4n) is 2.75. The molecule has 2 aromatic carbocycles. The van der Waals surface area contributed by atoms with Crippen molar-refractivity contribution in [2.45, 2.75) is 39.8 Å². The van der Waals surface area contributed by atoms with Crippen LogP contribution in [-0.2, 0) is 22.6 Å². The third-order valence-electron chi connectivity index (χ3n) is 4.36. The first-order valence-corrected chi connectivity index (χ1v) is 9.70. The van der Waals surface area contributed by atoms with E-state index in [1.54, 1.807) is 31.2 Å². The summed E-state index contributed by atoms with van der Waals surface area (Å²) in [6.07, 6.45) is 0.0860. The van der Waals surface area contributed by atoms with Crippen LogP contribution in [0.4, 0.5) is 4.39 Å². The summed E-state index contributed by atoms with van der Waals surface area (Å²) in [4.78, 5) is 27.1. The number of hydrogen-bond donors (Lipinski definition) is 1. The predicted octanol–water partition coefficient (Wildman–Crippen LogP) is 4.21. The molecular weight excluding hydrogens is 379 g/mol. The van der Waals surface area contributed by atoms with Crippen molar-refractivity contribution >= 4 is 23.4 Å². The zero-order valence-corrected chi connectivity index (χ0v) is 17.2. The van der Waals surface area contributed by atoms with Gasteiger partial charge in [0.1, 0.15) is 11.9 Å². The van der Waals surface area contributed by atoms with Gasteiger partial charge in [0.2, 0.25) is 11.8 Å². The molecule has 2 amide bonds. The fraction of sp³-hybridized carbons (Fsp3) is 0.364. The average Bonchev–Trinajstić information content (AvgIpc) is 2.65. The molecule has 0 saturated carbocycles. The maximum atomic E-state index is 13.1. The summed E-state index contributed by atoms with van der Waals surface area (Å²) >= 11 is 6.06. The third-order valence-corrected chi connectivity index (χ3v) is 4.60. The van der Waals surface area contributed by atoms with Crippen molar-refractivity contribution in [1.29, 1.82) is 0 Å². The predicted molar refractivity (Wildman–Crippen MR) is 109 cm³/mol. The van der Waals surface area contributed by atoms with Crippen LogP contribution >= 0.6 is 11.6 Å². The molecule has 0 radical (unpaired) electrons. The van der Waals surface area contributed by atoms with Crippen LogP contribution in [0.15, 0.2) is 48.5 Å². The second kappa shape index (κ2) is 10.2. The minimum atomic E-state index is -0.648. The summed E-state index contributed by atoms with van der Waals surface area (Å²) in [5.74, 6) is -0.456. The second-order valence-corrected chi connectivity index (χ2v) is 7.71. The molecule has 0 spiro atoms. The van der Waals surface area contributed by atoms with Gasteiger partial charge in [-0.05, 0) is 48.2 Å². The highest BCUT2D eigenvalue weighted by Gasteiger charge is 2.26. The molecule has 0 heterocycles. The van der Waals surface area contributed by atoms with Crippen molar-refractivity contribution in [3.63, 3.8) is 0 Å². The molecule has 0 bridgehead atoms. The quantitative estimate of drug-likeness (QED) is 0.716. The van der Waals surface area contributed by atoms with E-state index < -0.39 is 6.04 Å². The number of nitrogens with zero attached hydrogens (tertiary/aromatic N) is 1. The van der Waals surface area contributed by atoms with Crippen molar-refractivity contribution < 1.29 is 14.0 Å². The first-order valence-electron chi connectivity index (χ1n) is 9.32. The number of amides is 2. The van der Waals surface area contributed by atoms with Gasteiger partial charge in [-0.15, -0.1) is 0 Å². The van der Waals surface area contributed by atoms with E-state index in [0.717, 1.165) is 5.56 Å². The molecule has 28 heavy (non-hydrogen) atoms. The Kier molecular flexibility index (Phi) is 8.00. The minimum absolute atomic E-state index is 0.0860. The third kappa shape index (κ3) is 6.64. The zero-order valence-electron chi connectivity index (χ0n) is 16.4. The zero-order chi connectivity index (χ0) is 20.7. The SMILES string of the molecule is CC(C)CNC(=O)[C@H](C)N(Cc1cccc(Cl)c1)C(=O)Cc1ccc(F)cc1. The highest BCUT2D eigenvalue weighted by Crippen LogP contribution is 2.16. The Balaban J connectivity index is 2.19. The summed E-state index contributed by atoms with van der Waals surface area (Å²) in [6, 6.07) is 12.4. The van der Waals surface area contributed by atoms with Crippen LogP contribution in [0.5, 0.6) is 0 Å². The highest BCUT2D eigenvalue weighted by atomic mass is 35.5. The Labute approximate surface area is 170 Å². The topological polar surface area (TPSA) is 49.4 Å². The van der Waals surface area contributed by atoms with Crippen LogP contribution in [0.3, 0.4) is 0 Å². The molecule has 4 nitrogen and oxygen atoms in total. The van der Waals surface area contributed by atoms with Crippen LogP contribution < -0.4 is 5.32 Å². The summed E-state index contributed by atoms with van der Waals surface area (Å²) in [7, 11) is 0. The van der Waals surface area contributed by atoms with Gasteiger partial charge < -0.3 is 10.2 Å². The van der Waals surface area contributed by atoms with Gasteiger partial charge in [-0.25, -0.2) is 4.39 Å². The van der Waals surface area contributed by atoms with E-state index >= 15 is 0 Å². The lowest BCUT2D eigenvalue weighted by molar-refractivity contribution is -0.140. The Morgan fingerprint density at radius 1 is 1.07 bits per heavy atom. The molecule has 6 heteroatoms. The van der Waals surface area contributed by atoms with Crippen LogP contribution in [-0.4, -0.2) is 29.3 Å². The summed E-state index contributed by atoms with van der Waals surface area (Å²) in [5.41, 5.74) is 1.53. The lowest BCUT2D eigenvalue weighted by atomic mass is 10.1. The number of rotatable bonds is 8. The maximum absolute atomic E-state index is 13.1. The maximum Gasteiger partial charge on any atom is 0.242 e. The second-order valence-electron chi connectivity index (χ2n) is 7.27. The van der Waals surface area contributed by atoms with Gasteiger partial charge in [-0.2, -0.15) is 0 Å². The number of halogens is 2. The standard InChI is InChI=1S/C22H26ClFN2O2/c1-15(2)13-25-22(28)16(3)26(14-18-5-4-6-19(23)11-18)21(27)12-17-7-9-20(24)10-8-17/h4-11,15-16H,12-14H2,1-3H3,(H,25,28)/t16-/m0/s1. The molecule has 0 aliphatic carbocycles. The van der Waals surface area contributed by atoms with Crippen molar-refractivity contribution in [2.75, 3.05) is 6.54 Å². The minimum Gasteiger partial charge on any atom is -0.354 e. The summed E-state index contributed by atoms with van der Waals surface area (Å²) < 4.78 is 13.1. The van der Waals surface area contributed by atoms with Crippen molar-refractivity contribution in [1.82, 2.24) is 10.2 Å². The lowest BCUT2D eigenvalue weighted by Gasteiger charge is -2.29. The molecule has 0 aliphatic heterocycles. The van der Waals surface area contributed by atoms with E-state index in [1.807, 2.05) is 26.0 Å². The first kappa shape index (κ1) is 21.9. The molecule has 150 valence electrons. The van der Waals surface area contributed by atoms with E-state index in [4.69, 9.17) is 11.6 Å². The fourth-order valence-corrected chi connectivity index (χ4v) is 2.96. The van der Waals surface area contributed by atoms with E-state index in [1.165, 1.54) is 17.0 Å². The summed E-state index contributed by atoms with van der Waals surface area (Å²) in [6.45, 7) is 6.53. The van der Waals surface area contributed by atoms with Gasteiger partial charge in [0.25, 0.3) is 0 Å². The average molecular weight is 405 g/mol. The first-order chi connectivity index (χ1) is 13.3. The molecule has 0 saturated heterocycles. The van der Waals surface area contributed by atoms with Gasteiger partial charge >= 0.3 is 0 Å². The van der Waals surface area contributed by atoms with Crippen molar-refractivity contribution in [3.05, 3.63) is 70.5 Å². The Bertz CT molecular complexity index is 808. The number of hydrogen-bond acceptors (Lipinski definition) is 2. The number of carbonyl (C=O) groups is 2. The Morgan fingerprint density at radius 2 is 1.75 bits per heavy atom. The number of nitrogens with one attached hydrogen (secondary N) is 1. The van der Waals surface area contributed by atoms with Gasteiger partial charge in [0.05, 0.1) is 6.42 Å². The van der Waals surface area contributed by atoms with Crippen molar-refractivity contribution in [2.24, 2.45) is 5.92 Å². The number of carbonyl (C=O) groups excluding carboxylic acids is 2. The van der Waals surface area contributed by atoms with Crippen LogP contribution in [0.1, 0.15) is 31.9 Å². The number of benzene rings is 2. The van der Waals surface area contributed by atoms with Crippen molar-refractivity contribution in [3.8, 4) is 0 Å². The van der Waals surface area contributed by atoms with E-state index in [0.29, 0.717) is 23.0 Å². The smallest absolute Gasteiger partial charge is 0.242 e. The van der Waals surface area contributed by atoms with Crippen LogP contribution in [0.2, 0.25) is 5.02 Å². The molecule has 0 fully saturated rings. The molecular formula is C22H26ClFN2O2. The van der Waals surface area contributed by atoms with Gasteiger partial charge in [0, 0.05) is 18.1 Å². The normalized spacial score (nSPS) is 11.9. The highest BCUT2D eigenvalue weighted by molar-refractivity contribution is 6.30. The lowest BCUT2D eigenvalue weighted by Crippen LogP contribution is -2.48. The molecule has 0 aromatic heterocycles. The summed E-state index contributed by atoms with van der Waals surface area (Å²) in [5, 5.41) is 3.45. The Morgan fingerprint density at radius 3 is 2.36 bits per heavy atom. The van der Waals surface area contributed by atoms with E-state index in [9.17, 15) is 14.0 Å². The largest absolute Gasteiger partial charge is 0.354 e. The van der Waals surface area contributed by atoms with Gasteiger partial charge in [-0.1, -0.05) is 49.7 Å². The molecule has 2 aromatic rings. The van der Waals surface area contributed by atoms with E-state index in [2.05, 4.69) is 5.32 Å². The monoisotopic (exact) mass is 404 g/mol. The molecule has 0 aliphatic rings. The molecule has 1 atom stereocenters. The van der Waals surface area contributed by atoms with Gasteiger partial charge in [0.15, 0.2) is 0 Å². The van der Waals surface area contributed by atoms with Gasteiger partial charge in [-0.3, -0.25) is 9.59 Å². The van der Waals surface area contributed by atoms with Crippen LogP contribution in [0.25, 0.3) is 0 Å². The molecule has 0 unspecified atom stereocenters. The Hall–Kier alpha value is -2.40. The van der Waals surface area contributed by atoms with Crippen LogP contribution in [0, 0.1) is 11.7 Å². The van der Waals surface area contributed by atoms with E-state index in [-0.39, 0.29) is 30.6 Å². The molecule has 2 rings (SSSR count). The molecule has 1 N–H and O–H groups in total.